The molecule has 112 valence electrons. The van der Waals surface area contributed by atoms with Crippen molar-refractivity contribution in [3.63, 3.8) is 0 Å². The van der Waals surface area contributed by atoms with Crippen LogP contribution in [0.5, 0.6) is 5.75 Å². The summed E-state index contributed by atoms with van der Waals surface area (Å²) in [6, 6.07) is 22.1. The van der Waals surface area contributed by atoms with E-state index in [2.05, 4.69) is 29.2 Å². The fourth-order valence-corrected chi connectivity index (χ4v) is 2.71. The summed E-state index contributed by atoms with van der Waals surface area (Å²) in [5.41, 5.74) is 1.98. The van der Waals surface area contributed by atoms with E-state index in [1.54, 1.807) is 13.3 Å². The Balaban J connectivity index is 1.77. The predicted molar refractivity (Wildman–Crippen MR) is 91.4 cm³/mol. The predicted octanol–water partition coefficient (Wildman–Crippen LogP) is 5.17. The Morgan fingerprint density at radius 2 is 1.65 bits per heavy atom. The molecule has 0 atom stereocenters. The van der Waals surface area contributed by atoms with Crippen LogP contribution in [-0.2, 0) is 0 Å². The van der Waals surface area contributed by atoms with E-state index >= 15 is 0 Å². The van der Waals surface area contributed by atoms with E-state index in [1.165, 1.54) is 5.39 Å². The molecule has 0 N–H and O–H groups in total. The molecule has 3 heteroatoms. The van der Waals surface area contributed by atoms with Gasteiger partial charge in [0.25, 0.3) is 0 Å². The number of fused-ring (bicyclic) bond motifs is 1. The lowest BCUT2D eigenvalue weighted by molar-refractivity contribution is 0.415. The number of methoxy groups -OCH3 is 1. The highest BCUT2D eigenvalue weighted by atomic mass is 16.5. The van der Waals surface area contributed by atoms with Crippen molar-refractivity contribution in [2.75, 3.05) is 7.11 Å². The maximum Gasteiger partial charge on any atom is 0.226 e. The molecule has 23 heavy (non-hydrogen) atoms. The molecular weight excluding hydrogens is 286 g/mol. The number of benzene rings is 3. The van der Waals surface area contributed by atoms with Crippen molar-refractivity contribution in [2.24, 2.45) is 0 Å². The molecular formula is C20H15NO2. The van der Waals surface area contributed by atoms with Crippen molar-refractivity contribution < 1.29 is 9.15 Å². The first-order chi connectivity index (χ1) is 11.3. The second-order valence-corrected chi connectivity index (χ2v) is 5.28. The highest BCUT2D eigenvalue weighted by Crippen LogP contribution is 2.31. The van der Waals surface area contributed by atoms with Gasteiger partial charge in [-0.2, -0.15) is 0 Å². The Bertz CT molecular complexity index is 949. The molecule has 3 nitrogen and oxygen atoms in total. The first kappa shape index (κ1) is 13.6. The van der Waals surface area contributed by atoms with Crippen LogP contribution in [-0.4, -0.2) is 12.1 Å². The highest BCUT2D eigenvalue weighted by molar-refractivity contribution is 5.95. The molecule has 4 aromatic rings. The summed E-state index contributed by atoms with van der Waals surface area (Å²) in [4.78, 5) is 4.42. The SMILES string of the molecule is COc1ccc(-c2ncc(-c3cccc4ccccc34)o2)cc1. The van der Waals surface area contributed by atoms with Crippen LogP contribution in [0.4, 0.5) is 0 Å². The second-order valence-electron chi connectivity index (χ2n) is 5.28. The Labute approximate surface area is 134 Å². The van der Waals surface area contributed by atoms with E-state index < -0.39 is 0 Å². The Hall–Kier alpha value is -3.07. The number of ether oxygens (including phenoxy) is 1. The summed E-state index contributed by atoms with van der Waals surface area (Å²) >= 11 is 0. The van der Waals surface area contributed by atoms with Crippen LogP contribution in [0.15, 0.2) is 77.3 Å². The molecule has 0 aliphatic rings. The largest absolute Gasteiger partial charge is 0.497 e. The van der Waals surface area contributed by atoms with Crippen LogP contribution < -0.4 is 4.74 Å². The average Bonchev–Trinajstić information content (AvgIpc) is 3.11. The first-order valence-electron chi connectivity index (χ1n) is 7.43. The monoisotopic (exact) mass is 301 g/mol. The first-order valence-corrected chi connectivity index (χ1v) is 7.43. The summed E-state index contributed by atoms with van der Waals surface area (Å²) < 4.78 is 11.2. The summed E-state index contributed by atoms with van der Waals surface area (Å²) in [7, 11) is 1.65. The number of nitrogens with zero attached hydrogens (tertiary/aromatic N) is 1. The normalized spacial score (nSPS) is 10.8. The number of rotatable bonds is 3. The van der Waals surface area contributed by atoms with Crippen LogP contribution in [0.3, 0.4) is 0 Å². The smallest absolute Gasteiger partial charge is 0.226 e. The van der Waals surface area contributed by atoms with Crippen molar-refractivity contribution in [1.82, 2.24) is 4.98 Å². The van der Waals surface area contributed by atoms with E-state index in [-0.39, 0.29) is 0 Å². The van der Waals surface area contributed by atoms with Crippen molar-refractivity contribution in [3.8, 4) is 28.5 Å². The average molecular weight is 301 g/mol. The van der Waals surface area contributed by atoms with E-state index in [0.29, 0.717) is 5.89 Å². The summed E-state index contributed by atoms with van der Waals surface area (Å²) in [6.45, 7) is 0. The van der Waals surface area contributed by atoms with Crippen LogP contribution >= 0.6 is 0 Å². The van der Waals surface area contributed by atoms with E-state index in [0.717, 1.165) is 28.0 Å². The molecule has 0 saturated carbocycles. The fraction of sp³-hybridized carbons (Fsp3) is 0.0500. The minimum Gasteiger partial charge on any atom is -0.497 e. The quantitative estimate of drug-likeness (QED) is 0.523. The van der Waals surface area contributed by atoms with Gasteiger partial charge in [0.1, 0.15) is 5.75 Å². The Kier molecular flexibility index (Phi) is 3.31. The summed E-state index contributed by atoms with van der Waals surface area (Å²) in [6.07, 6.45) is 1.78. The third kappa shape index (κ3) is 2.46. The molecule has 0 radical (unpaired) electrons. The second kappa shape index (κ2) is 5.61. The number of hydrogen-bond acceptors (Lipinski definition) is 3. The van der Waals surface area contributed by atoms with Crippen molar-refractivity contribution in [1.29, 1.82) is 0 Å². The van der Waals surface area contributed by atoms with E-state index in [9.17, 15) is 0 Å². The van der Waals surface area contributed by atoms with Gasteiger partial charge in [0.05, 0.1) is 13.3 Å². The fourth-order valence-electron chi connectivity index (χ4n) is 2.71. The van der Waals surface area contributed by atoms with Crippen molar-refractivity contribution >= 4 is 10.8 Å². The molecule has 3 aromatic carbocycles. The topological polar surface area (TPSA) is 35.3 Å². The highest BCUT2D eigenvalue weighted by Gasteiger charge is 2.11. The van der Waals surface area contributed by atoms with Crippen LogP contribution in [0.2, 0.25) is 0 Å². The Morgan fingerprint density at radius 3 is 2.48 bits per heavy atom. The minimum atomic E-state index is 0.607. The molecule has 0 fully saturated rings. The molecule has 0 spiro atoms. The molecule has 4 rings (SSSR count). The molecule has 1 aromatic heterocycles. The number of hydrogen-bond donors (Lipinski definition) is 0. The van der Waals surface area contributed by atoms with Gasteiger partial charge >= 0.3 is 0 Å². The zero-order chi connectivity index (χ0) is 15.6. The van der Waals surface area contributed by atoms with Gasteiger partial charge in [0.2, 0.25) is 5.89 Å². The molecule has 0 aliphatic heterocycles. The van der Waals surface area contributed by atoms with Gasteiger partial charge < -0.3 is 9.15 Å². The molecule has 1 heterocycles. The summed E-state index contributed by atoms with van der Waals surface area (Å²) in [5, 5.41) is 2.35. The number of aromatic nitrogens is 1. The van der Waals surface area contributed by atoms with Crippen molar-refractivity contribution in [2.45, 2.75) is 0 Å². The maximum atomic E-state index is 5.99. The third-order valence-electron chi connectivity index (χ3n) is 3.90. The van der Waals surface area contributed by atoms with Crippen molar-refractivity contribution in [3.05, 3.63) is 72.9 Å². The van der Waals surface area contributed by atoms with Gasteiger partial charge in [0, 0.05) is 11.1 Å². The van der Waals surface area contributed by atoms with Crippen LogP contribution in [0.1, 0.15) is 0 Å². The van der Waals surface area contributed by atoms with Crippen LogP contribution in [0.25, 0.3) is 33.6 Å². The lowest BCUT2D eigenvalue weighted by Gasteiger charge is -2.03. The lowest BCUT2D eigenvalue weighted by atomic mass is 10.0. The van der Waals surface area contributed by atoms with Gasteiger partial charge in [-0.1, -0.05) is 42.5 Å². The summed E-state index contributed by atoms with van der Waals surface area (Å²) in [5.74, 6) is 2.19. The Morgan fingerprint density at radius 1 is 0.870 bits per heavy atom. The van der Waals surface area contributed by atoms with Crippen LogP contribution in [0, 0.1) is 0 Å². The molecule has 0 amide bonds. The zero-order valence-corrected chi connectivity index (χ0v) is 12.7. The molecule has 0 bridgehead atoms. The third-order valence-corrected chi connectivity index (χ3v) is 3.90. The molecule has 0 saturated heterocycles. The van der Waals surface area contributed by atoms with Gasteiger partial charge in [0.15, 0.2) is 5.76 Å². The van der Waals surface area contributed by atoms with Gasteiger partial charge in [-0.3, -0.25) is 0 Å². The minimum absolute atomic E-state index is 0.607. The molecule has 0 unspecified atom stereocenters. The van der Waals surface area contributed by atoms with Gasteiger partial charge in [-0.05, 0) is 35.0 Å². The number of oxazole rings is 1. The molecule has 0 aliphatic carbocycles. The van der Waals surface area contributed by atoms with Gasteiger partial charge in [-0.15, -0.1) is 0 Å². The lowest BCUT2D eigenvalue weighted by Crippen LogP contribution is -1.82. The standard InChI is InChI=1S/C20H15NO2/c1-22-16-11-9-15(10-12-16)20-21-13-19(23-20)18-8-4-6-14-5-2-3-7-17(14)18/h2-13H,1H3. The maximum absolute atomic E-state index is 5.99. The van der Waals surface area contributed by atoms with E-state index in [4.69, 9.17) is 9.15 Å². The van der Waals surface area contributed by atoms with E-state index in [1.807, 2.05) is 42.5 Å². The van der Waals surface area contributed by atoms with Gasteiger partial charge in [-0.25, -0.2) is 4.98 Å². The zero-order valence-electron chi connectivity index (χ0n) is 12.7.